The highest BCUT2D eigenvalue weighted by Crippen LogP contribution is 2.27. The Morgan fingerprint density at radius 2 is 1.76 bits per heavy atom. The molecule has 4 aromatic rings. The Morgan fingerprint density at radius 3 is 2.45 bits per heavy atom. The van der Waals surface area contributed by atoms with Crippen molar-refractivity contribution in [2.24, 2.45) is 0 Å². The molecule has 0 radical (unpaired) electrons. The summed E-state index contributed by atoms with van der Waals surface area (Å²) in [6.45, 7) is 5.45. The van der Waals surface area contributed by atoms with E-state index in [1.807, 2.05) is 55.6 Å². The first-order valence-electron chi connectivity index (χ1n) is 9.01. The molecule has 7 nitrogen and oxygen atoms in total. The minimum atomic E-state index is -0.243. The van der Waals surface area contributed by atoms with Crippen LogP contribution in [0.15, 0.2) is 47.8 Å². The first-order chi connectivity index (χ1) is 13.9. The van der Waals surface area contributed by atoms with Gasteiger partial charge in [0.05, 0.1) is 5.69 Å². The van der Waals surface area contributed by atoms with Crippen LogP contribution >= 0.6 is 11.3 Å². The van der Waals surface area contributed by atoms with Crippen LogP contribution in [0.2, 0.25) is 0 Å². The monoisotopic (exact) mass is 405 g/mol. The van der Waals surface area contributed by atoms with Gasteiger partial charge in [-0.15, -0.1) is 16.4 Å². The Morgan fingerprint density at radius 1 is 1.00 bits per heavy atom. The van der Waals surface area contributed by atoms with Gasteiger partial charge in [0.25, 0.3) is 11.9 Å². The fourth-order valence-corrected chi connectivity index (χ4v) is 3.75. The standard InChI is InChI=1S/C21H19N5O2S/c1-12-4-5-16(10-13(12)2)19(28)23-20-24-21-26(25-20)18(11-29-21)15-6-8-17(9-7-15)22-14(3)27/h4-11H,1-3H3,(H,22,27)(H,23,25,28). The van der Waals surface area contributed by atoms with Crippen LogP contribution in [0.1, 0.15) is 28.4 Å². The SMILES string of the molecule is CC(=O)Nc1ccc(-c2csc3nc(NC(=O)c4ccc(C)c(C)c4)nn23)cc1. The molecular formula is C21H19N5O2S. The summed E-state index contributed by atoms with van der Waals surface area (Å²) in [4.78, 5) is 28.8. The Bertz CT molecular complexity index is 1220. The molecule has 2 amide bonds. The lowest BCUT2D eigenvalue weighted by Crippen LogP contribution is -2.13. The van der Waals surface area contributed by atoms with E-state index in [-0.39, 0.29) is 17.8 Å². The third-order valence-corrected chi connectivity index (χ3v) is 5.39. The maximum atomic E-state index is 12.5. The van der Waals surface area contributed by atoms with Crippen molar-refractivity contribution in [3.63, 3.8) is 0 Å². The Labute approximate surface area is 171 Å². The molecule has 2 aromatic heterocycles. The van der Waals surface area contributed by atoms with Gasteiger partial charge in [0.1, 0.15) is 0 Å². The number of fused-ring (bicyclic) bond motifs is 1. The summed E-state index contributed by atoms with van der Waals surface area (Å²) in [7, 11) is 0. The fourth-order valence-electron chi connectivity index (χ4n) is 2.92. The van der Waals surface area contributed by atoms with E-state index < -0.39 is 0 Å². The van der Waals surface area contributed by atoms with Gasteiger partial charge in [0.15, 0.2) is 0 Å². The number of aryl methyl sites for hydroxylation is 2. The van der Waals surface area contributed by atoms with Gasteiger partial charge in [-0.2, -0.15) is 4.98 Å². The van der Waals surface area contributed by atoms with E-state index in [0.717, 1.165) is 28.1 Å². The highest BCUT2D eigenvalue weighted by atomic mass is 32.1. The summed E-state index contributed by atoms with van der Waals surface area (Å²) in [6.07, 6.45) is 0. The normalized spacial score (nSPS) is 10.9. The number of carbonyl (C=O) groups is 2. The summed E-state index contributed by atoms with van der Waals surface area (Å²) in [6, 6.07) is 13.0. The van der Waals surface area contributed by atoms with Crippen LogP contribution < -0.4 is 10.6 Å². The van der Waals surface area contributed by atoms with Gasteiger partial charge in [-0.05, 0) is 49.2 Å². The maximum absolute atomic E-state index is 12.5. The van der Waals surface area contributed by atoms with E-state index in [1.165, 1.54) is 18.3 Å². The lowest BCUT2D eigenvalue weighted by atomic mass is 10.1. The number of aromatic nitrogens is 3. The zero-order valence-electron chi connectivity index (χ0n) is 16.2. The molecule has 0 unspecified atom stereocenters. The molecule has 0 aliphatic carbocycles. The van der Waals surface area contributed by atoms with Gasteiger partial charge in [-0.25, -0.2) is 4.52 Å². The molecule has 0 aliphatic heterocycles. The molecule has 0 saturated heterocycles. The van der Waals surface area contributed by atoms with E-state index in [4.69, 9.17) is 0 Å². The quantitative estimate of drug-likeness (QED) is 0.530. The number of hydrogen-bond donors (Lipinski definition) is 2. The smallest absolute Gasteiger partial charge is 0.258 e. The molecule has 0 aliphatic rings. The van der Waals surface area contributed by atoms with E-state index in [9.17, 15) is 9.59 Å². The molecule has 0 bridgehead atoms. The van der Waals surface area contributed by atoms with Gasteiger partial charge in [-0.3, -0.25) is 14.9 Å². The molecule has 146 valence electrons. The van der Waals surface area contributed by atoms with Crippen LogP contribution in [0.4, 0.5) is 11.6 Å². The zero-order chi connectivity index (χ0) is 20.5. The predicted molar refractivity (Wildman–Crippen MR) is 114 cm³/mol. The van der Waals surface area contributed by atoms with E-state index in [2.05, 4.69) is 20.7 Å². The first kappa shape index (κ1) is 18.8. The van der Waals surface area contributed by atoms with Crippen molar-refractivity contribution >= 4 is 39.7 Å². The summed E-state index contributed by atoms with van der Waals surface area (Å²) in [5, 5.41) is 11.9. The molecule has 8 heteroatoms. The largest absolute Gasteiger partial charge is 0.326 e. The summed E-state index contributed by atoms with van der Waals surface area (Å²) < 4.78 is 1.70. The molecular weight excluding hydrogens is 386 g/mol. The molecule has 0 atom stereocenters. The molecule has 29 heavy (non-hydrogen) atoms. The van der Waals surface area contributed by atoms with Crippen molar-refractivity contribution in [3.8, 4) is 11.3 Å². The van der Waals surface area contributed by atoms with Crippen molar-refractivity contribution in [2.75, 3.05) is 10.6 Å². The minimum absolute atomic E-state index is 0.115. The average Bonchev–Trinajstić information content (AvgIpc) is 3.24. The average molecular weight is 405 g/mol. The van der Waals surface area contributed by atoms with E-state index in [0.29, 0.717) is 10.5 Å². The zero-order valence-corrected chi connectivity index (χ0v) is 17.0. The molecule has 0 saturated carbocycles. The number of benzene rings is 2. The second-order valence-electron chi connectivity index (χ2n) is 6.76. The lowest BCUT2D eigenvalue weighted by molar-refractivity contribution is -0.114. The number of anilines is 2. The number of nitrogens with zero attached hydrogens (tertiary/aromatic N) is 3. The van der Waals surface area contributed by atoms with Crippen molar-refractivity contribution in [2.45, 2.75) is 20.8 Å². The van der Waals surface area contributed by atoms with Gasteiger partial charge >= 0.3 is 0 Å². The van der Waals surface area contributed by atoms with Crippen molar-refractivity contribution in [1.82, 2.24) is 14.6 Å². The van der Waals surface area contributed by atoms with Crippen LogP contribution in [0, 0.1) is 13.8 Å². The van der Waals surface area contributed by atoms with Gasteiger partial charge in [0.2, 0.25) is 10.9 Å². The number of rotatable bonds is 4. The number of carbonyl (C=O) groups excluding carboxylic acids is 2. The minimum Gasteiger partial charge on any atom is -0.326 e. The lowest BCUT2D eigenvalue weighted by Gasteiger charge is -2.05. The molecule has 2 aromatic carbocycles. The summed E-state index contributed by atoms with van der Waals surface area (Å²) >= 11 is 1.44. The molecule has 2 N–H and O–H groups in total. The van der Waals surface area contributed by atoms with Crippen molar-refractivity contribution in [1.29, 1.82) is 0 Å². The highest BCUT2D eigenvalue weighted by Gasteiger charge is 2.15. The Kier molecular flexibility index (Phi) is 4.85. The third-order valence-electron chi connectivity index (χ3n) is 4.58. The number of hydrogen-bond acceptors (Lipinski definition) is 5. The second kappa shape index (κ2) is 7.48. The Balaban J connectivity index is 1.58. The molecule has 0 fully saturated rings. The highest BCUT2D eigenvalue weighted by molar-refractivity contribution is 7.15. The Hall–Kier alpha value is -3.52. The van der Waals surface area contributed by atoms with Gasteiger partial charge < -0.3 is 5.32 Å². The topological polar surface area (TPSA) is 88.4 Å². The number of amides is 2. The van der Waals surface area contributed by atoms with Crippen molar-refractivity contribution in [3.05, 3.63) is 64.5 Å². The first-order valence-corrected chi connectivity index (χ1v) is 9.89. The molecule has 4 rings (SSSR count). The van der Waals surface area contributed by atoms with Gasteiger partial charge in [-0.1, -0.05) is 18.2 Å². The summed E-state index contributed by atoms with van der Waals surface area (Å²) in [5.41, 5.74) is 5.28. The molecule has 2 heterocycles. The van der Waals surface area contributed by atoms with E-state index in [1.54, 1.807) is 10.6 Å². The second-order valence-corrected chi connectivity index (χ2v) is 7.60. The van der Waals surface area contributed by atoms with Crippen LogP contribution in [0.25, 0.3) is 16.2 Å². The third kappa shape index (κ3) is 3.88. The van der Waals surface area contributed by atoms with Crippen LogP contribution in [0.3, 0.4) is 0 Å². The predicted octanol–water partition coefficient (Wildman–Crippen LogP) is 4.29. The van der Waals surface area contributed by atoms with Gasteiger partial charge in [0, 0.05) is 29.1 Å². The molecule has 0 spiro atoms. The van der Waals surface area contributed by atoms with E-state index >= 15 is 0 Å². The fraction of sp³-hybridized carbons (Fsp3) is 0.143. The maximum Gasteiger partial charge on any atom is 0.258 e. The van der Waals surface area contributed by atoms with Crippen LogP contribution in [0.5, 0.6) is 0 Å². The van der Waals surface area contributed by atoms with Crippen molar-refractivity contribution < 1.29 is 9.59 Å². The number of nitrogens with one attached hydrogen (secondary N) is 2. The van der Waals surface area contributed by atoms with Crippen LogP contribution in [-0.2, 0) is 4.79 Å². The summed E-state index contributed by atoms with van der Waals surface area (Å²) in [5.74, 6) is -0.0974. The van der Waals surface area contributed by atoms with Crippen LogP contribution in [-0.4, -0.2) is 26.4 Å². The number of thiazole rings is 1.